The Balaban J connectivity index is 1.60. The summed E-state index contributed by atoms with van der Waals surface area (Å²) in [5.41, 5.74) is 3.79. The van der Waals surface area contributed by atoms with E-state index in [2.05, 4.69) is 25.9 Å². The molecule has 0 saturated carbocycles. The van der Waals surface area contributed by atoms with E-state index in [4.69, 9.17) is 4.74 Å². The molecule has 7 heteroatoms. The maximum atomic E-state index is 12.0. The van der Waals surface area contributed by atoms with Crippen molar-refractivity contribution in [3.05, 3.63) is 58.9 Å². The Morgan fingerprint density at radius 3 is 2.92 bits per heavy atom. The molecule has 0 saturated heterocycles. The van der Waals surface area contributed by atoms with Crippen molar-refractivity contribution in [1.82, 2.24) is 15.0 Å². The second-order valence-corrected chi connectivity index (χ2v) is 6.89. The second-order valence-electron chi connectivity index (χ2n) is 6.04. The number of benzene rings is 1. The zero-order valence-electron chi connectivity index (χ0n) is 14.4. The number of rotatable bonds is 4. The zero-order valence-corrected chi connectivity index (χ0v) is 15.2. The van der Waals surface area contributed by atoms with Gasteiger partial charge in [-0.15, -0.1) is 11.3 Å². The van der Waals surface area contributed by atoms with Gasteiger partial charge in [-0.1, -0.05) is 6.07 Å². The Kier molecular flexibility index (Phi) is 4.62. The summed E-state index contributed by atoms with van der Waals surface area (Å²) in [6.07, 6.45) is 5.33. The minimum atomic E-state index is -0.277. The molecule has 0 amide bonds. The van der Waals surface area contributed by atoms with Crippen molar-refractivity contribution in [1.29, 1.82) is 0 Å². The Morgan fingerprint density at radius 2 is 2.12 bits per heavy atom. The minimum Gasteiger partial charge on any atom is -0.465 e. The second kappa shape index (κ2) is 7.21. The highest BCUT2D eigenvalue weighted by Gasteiger charge is 2.23. The fourth-order valence-electron chi connectivity index (χ4n) is 3.25. The van der Waals surface area contributed by atoms with Crippen LogP contribution in [0, 0.1) is 0 Å². The van der Waals surface area contributed by atoms with E-state index in [9.17, 15) is 4.79 Å². The van der Waals surface area contributed by atoms with Gasteiger partial charge in [-0.2, -0.15) is 0 Å². The molecular weight excluding hydrogens is 348 g/mol. The highest BCUT2D eigenvalue weighted by atomic mass is 32.1. The molecule has 4 rings (SSSR count). The lowest BCUT2D eigenvalue weighted by Gasteiger charge is -2.31. The number of hydrogen-bond donors (Lipinski definition) is 0. The molecule has 0 radical (unpaired) electrons. The van der Waals surface area contributed by atoms with Gasteiger partial charge in [-0.3, -0.25) is 0 Å². The van der Waals surface area contributed by atoms with E-state index in [-0.39, 0.29) is 5.97 Å². The van der Waals surface area contributed by atoms with Crippen LogP contribution in [0.2, 0.25) is 0 Å². The van der Waals surface area contributed by atoms with Crippen molar-refractivity contribution < 1.29 is 9.53 Å². The zero-order chi connectivity index (χ0) is 17.9. The summed E-state index contributed by atoms with van der Waals surface area (Å²) in [5.74, 6) is 0.372. The van der Waals surface area contributed by atoms with Gasteiger partial charge < -0.3 is 9.64 Å². The summed E-state index contributed by atoms with van der Waals surface area (Å²) in [6, 6.07) is 7.60. The van der Waals surface area contributed by atoms with E-state index in [0.29, 0.717) is 17.9 Å². The molecule has 6 nitrogen and oxygen atoms in total. The number of ether oxygens (including phenoxy) is 1. The first-order valence-corrected chi connectivity index (χ1v) is 9.31. The first-order chi connectivity index (χ1) is 12.8. The van der Waals surface area contributed by atoms with E-state index in [1.807, 2.05) is 17.5 Å². The molecule has 132 valence electrons. The summed E-state index contributed by atoms with van der Waals surface area (Å²) >= 11 is 1.55. The standard InChI is InChI=1S/C19H18N4O2S/c1-25-19(24)15-5-2-7-16-14(15)6-3-10-23(16)11-13-12-26-18(22-13)17-20-8-4-9-21-17/h2,4-5,7-9,12H,3,6,10-11H2,1H3. The number of hydrogen-bond acceptors (Lipinski definition) is 7. The van der Waals surface area contributed by atoms with Crippen LogP contribution >= 0.6 is 11.3 Å². The maximum Gasteiger partial charge on any atom is 0.338 e. The molecular formula is C19H18N4O2S. The maximum absolute atomic E-state index is 12.0. The summed E-state index contributed by atoms with van der Waals surface area (Å²) < 4.78 is 4.93. The lowest BCUT2D eigenvalue weighted by molar-refractivity contribution is 0.0599. The predicted molar refractivity (Wildman–Crippen MR) is 100 cm³/mol. The van der Waals surface area contributed by atoms with Crippen LogP contribution < -0.4 is 4.90 Å². The van der Waals surface area contributed by atoms with Gasteiger partial charge in [0.2, 0.25) is 0 Å². The van der Waals surface area contributed by atoms with Crippen LogP contribution in [-0.4, -0.2) is 34.6 Å². The largest absolute Gasteiger partial charge is 0.465 e. The molecule has 0 unspecified atom stereocenters. The Hall–Kier alpha value is -2.80. The molecule has 1 aliphatic rings. The van der Waals surface area contributed by atoms with Crippen LogP contribution in [0.15, 0.2) is 42.0 Å². The molecule has 0 fully saturated rings. The number of carbonyl (C=O) groups is 1. The average molecular weight is 366 g/mol. The van der Waals surface area contributed by atoms with E-state index < -0.39 is 0 Å². The number of nitrogens with zero attached hydrogens (tertiary/aromatic N) is 4. The summed E-state index contributed by atoms with van der Waals surface area (Å²) in [7, 11) is 1.42. The smallest absolute Gasteiger partial charge is 0.338 e. The molecule has 0 aliphatic carbocycles. The molecule has 3 heterocycles. The lowest BCUT2D eigenvalue weighted by atomic mass is 9.96. The van der Waals surface area contributed by atoms with Crippen molar-refractivity contribution in [2.75, 3.05) is 18.6 Å². The van der Waals surface area contributed by atoms with Gasteiger partial charge >= 0.3 is 5.97 Å². The van der Waals surface area contributed by atoms with Crippen LogP contribution in [0.1, 0.15) is 28.0 Å². The Labute approximate surface area is 155 Å². The number of fused-ring (bicyclic) bond motifs is 1. The lowest BCUT2D eigenvalue weighted by Crippen LogP contribution is -2.30. The minimum absolute atomic E-state index is 0.277. The fourth-order valence-corrected chi connectivity index (χ4v) is 4.01. The van der Waals surface area contributed by atoms with Gasteiger partial charge in [0, 0.05) is 30.0 Å². The first kappa shape index (κ1) is 16.7. The van der Waals surface area contributed by atoms with Gasteiger partial charge in [-0.25, -0.2) is 19.7 Å². The summed E-state index contributed by atoms with van der Waals surface area (Å²) in [4.78, 5) is 27.5. The molecule has 2 aromatic heterocycles. The van der Waals surface area contributed by atoms with Gasteiger partial charge in [-0.05, 0) is 36.6 Å². The third-order valence-electron chi connectivity index (χ3n) is 4.41. The number of thiazole rings is 1. The monoisotopic (exact) mass is 366 g/mol. The van der Waals surface area contributed by atoms with Crippen molar-refractivity contribution in [2.24, 2.45) is 0 Å². The number of methoxy groups -OCH3 is 1. The van der Waals surface area contributed by atoms with Gasteiger partial charge in [0.05, 0.1) is 24.9 Å². The Bertz CT molecular complexity index is 926. The molecule has 0 N–H and O–H groups in total. The van der Waals surface area contributed by atoms with Crippen molar-refractivity contribution in [2.45, 2.75) is 19.4 Å². The van der Waals surface area contributed by atoms with Crippen molar-refractivity contribution in [3.63, 3.8) is 0 Å². The highest BCUT2D eigenvalue weighted by Crippen LogP contribution is 2.32. The van der Waals surface area contributed by atoms with Crippen molar-refractivity contribution >= 4 is 23.0 Å². The number of carbonyl (C=O) groups excluding carboxylic acids is 1. The molecule has 0 atom stereocenters. The van der Waals surface area contributed by atoms with E-state index >= 15 is 0 Å². The summed E-state index contributed by atoms with van der Waals surface area (Å²) in [5, 5.41) is 2.87. The van der Waals surface area contributed by atoms with Gasteiger partial charge in [0.15, 0.2) is 10.8 Å². The van der Waals surface area contributed by atoms with E-state index in [0.717, 1.165) is 41.3 Å². The molecule has 1 aliphatic heterocycles. The quantitative estimate of drug-likeness (QED) is 0.660. The first-order valence-electron chi connectivity index (χ1n) is 8.43. The van der Waals surface area contributed by atoms with Gasteiger partial charge in [0.25, 0.3) is 0 Å². The SMILES string of the molecule is COC(=O)c1cccc2c1CCCN2Cc1csc(-c2ncccn2)n1. The van der Waals surface area contributed by atoms with Crippen LogP contribution in [0.25, 0.3) is 10.8 Å². The topological polar surface area (TPSA) is 68.2 Å². The molecule has 1 aromatic carbocycles. The third kappa shape index (κ3) is 3.17. The number of esters is 1. The third-order valence-corrected chi connectivity index (χ3v) is 5.30. The van der Waals surface area contributed by atoms with E-state index in [1.165, 1.54) is 7.11 Å². The molecule has 0 bridgehead atoms. The summed E-state index contributed by atoms with van der Waals surface area (Å²) in [6.45, 7) is 1.63. The van der Waals surface area contributed by atoms with Gasteiger partial charge in [0.1, 0.15) is 0 Å². The molecule has 0 spiro atoms. The van der Waals surface area contributed by atoms with E-state index in [1.54, 1.807) is 29.8 Å². The molecule has 3 aromatic rings. The van der Waals surface area contributed by atoms with Crippen LogP contribution in [0.5, 0.6) is 0 Å². The fraction of sp³-hybridized carbons (Fsp3) is 0.263. The number of aromatic nitrogens is 3. The predicted octanol–water partition coefficient (Wildman–Crippen LogP) is 3.34. The van der Waals surface area contributed by atoms with Crippen LogP contribution in [0.4, 0.5) is 5.69 Å². The molecule has 26 heavy (non-hydrogen) atoms. The number of anilines is 1. The van der Waals surface area contributed by atoms with Crippen LogP contribution in [-0.2, 0) is 17.7 Å². The average Bonchev–Trinajstić information content (AvgIpc) is 3.16. The van der Waals surface area contributed by atoms with Crippen molar-refractivity contribution in [3.8, 4) is 10.8 Å². The normalized spacial score (nSPS) is 13.3. The van der Waals surface area contributed by atoms with Crippen LogP contribution in [0.3, 0.4) is 0 Å². The highest BCUT2D eigenvalue weighted by molar-refractivity contribution is 7.13. The Morgan fingerprint density at radius 1 is 1.27 bits per heavy atom.